The van der Waals surface area contributed by atoms with Gasteiger partial charge in [-0.25, -0.2) is 0 Å². The van der Waals surface area contributed by atoms with Gasteiger partial charge in [0.15, 0.2) is 5.78 Å². The second-order valence-corrected chi connectivity index (χ2v) is 5.65. The summed E-state index contributed by atoms with van der Waals surface area (Å²) in [6, 6.07) is 0. The second kappa shape index (κ2) is 4.92. The molecule has 0 fully saturated rings. The molecule has 0 bridgehead atoms. The van der Waals surface area contributed by atoms with Crippen LogP contribution < -0.4 is 5.73 Å². The van der Waals surface area contributed by atoms with Crippen molar-refractivity contribution in [3.05, 3.63) is 0 Å². The number of carbonyl (C=O) groups is 1. The van der Waals surface area contributed by atoms with Gasteiger partial charge < -0.3 is 5.73 Å². The topological polar surface area (TPSA) is 43.1 Å². The van der Waals surface area contributed by atoms with Crippen LogP contribution in [-0.4, -0.2) is 11.3 Å². The van der Waals surface area contributed by atoms with E-state index in [4.69, 9.17) is 5.73 Å². The summed E-state index contributed by atoms with van der Waals surface area (Å²) < 4.78 is 0. The number of nitrogens with two attached hydrogens (primary N) is 1. The lowest BCUT2D eigenvalue weighted by Crippen LogP contribution is -2.44. The molecule has 0 saturated heterocycles. The molecule has 0 heterocycles. The van der Waals surface area contributed by atoms with Crippen LogP contribution in [0, 0.1) is 5.41 Å². The molecule has 14 heavy (non-hydrogen) atoms. The van der Waals surface area contributed by atoms with E-state index in [-0.39, 0.29) is 11.2 Å². The third kappa shape index (κ3) is 5.38. The molecular formula is C12H25NO. The van der Waals surface area contributed by atoms with Crippen LogP contribution in [0.3, 0.4) is 0 Å². The van der Waals surface area contributed by atoms with E-state index in [1.165, 1.54) is 0 Å². The highest BCUT2D eigenvalue weighted by Crippen LogP contribution is 2.23. The van der Waals surface area contributed by atoms with Gasteiger partial charge in [-0.1, -0.05) is 34.1 Å². The summed E-state index contributed by atoms with van der Waals surface area (Å²) in [5.74, 6) is 0.203. The Hall–Kier alpha value is -0.370. The van der Waals surface area contributed by atoms with E-state index in [1.54, 1.807) is 0 Å². The Morgan fingerprint density at radius 3 is 2.00 bits per heavy atom. The average Bonchev–Trinajstić information content (AvgIpc) is 1.98. The van der Waals surface area contributed by atoms with E-state index >= 15 is 0 Å². The Morgan fingerprint density at radius 1 is 1.14 bits per heavy atom. The largest absolute Gasteiger partial charge is 0.319 e. The second-order valence-electron chi connectivity index (χ2n) is 5.65. The van der Waals surface area contributed by atoms with Crippen molar-refractivity contribution in [1.82, 2.24) is 0 Å². The van der Waals surface area contributed by atoms with Crippen molar-refractivity contribution in [3.63, 3.8) is 0 Å². The van der Waals surface area contributed by atoms with Crippen LogP contribution in [0.15, 0.2) is 0 Å². The third-order valence-corrected chi connectivity index (χ3v) is 2.51. The van der Waals surface area contributed by atoms with Crippen LogP contribution in [0.25, 0.3) is 0 Å². The van der Waals surface area contributed by atoms with E-state index in [2.05, 4.69) is 27.7 Å². The van der Waals surface area contributed by atoms with Crippen molar-refractivity contribution in [3.8, 4) is 0 Å². The van der Waals surface area contributed by atoms with E-state index < -0.39 is 5.54 Å². The highest BCUT2D eigenvalue weighted by Gasteiger charge is 2.27. The maximum atomic E-state index is 11.8. The number of ketones is 1. The van der Waals surface area contributed by atoms with Gasteiger partial charge >= 0.3 is 0 Å². The minimum absolute atomic E-state index is 0.203. The van der Waals surface area contributed by atoms with Gasteiger partial charge in [0.2, 0.25) is 0 Å². The van der Waals surface area contributed by atoms with Crippen LogP contribution in [-0.2, 0) is 4.79 Å². The molecular weight excluding hydrogens is 174 g/mol. The number of carbonyl (C=O) groups excluding carboxylic acids is 1. The molecule has 84 valence electrons. The summed E-state index contributed by atoms with van der Waals surface area (Å²) in [6.07, 6.45) is 3.28. The van der Waals surface area contributed by atoms with Gasteiger partial charge in [-0.05, 0) is 25.2 Å². The number of hydrogen-bond acceptors (Lipinski definition) is 2. The zero-order valence-corrected chi connectivity index (χ0v) is 10.3. The predicted octanol–water partition coefficient (Wildman–Crippen LogP) is 2.90. The Kier molecular flexibility index (Phi) is 4.79. The highest BCUT2D eigenvalue weighted by atomic mass is 16.1. The number of hydrogen-bond donors (Lipinski definition) is 1. The molecule has 0 aromatic rings. The molecule has 0 spiro atoms. The van der Waals surface area contributed by atoms with Crippen molar-refractivity contribution in [1.29, 1.82) is 0 Å². The molecule has 2 heteroatoms. The fourth-order valence-electron chi connectivity index (χ4n) is 1.43. The van der Waals surface area contributed by atoms with Crippen molar-refractivity contribution < 1.29 is 4.79 Å². The standard InChI is InChI=1S/C12H25NO/c1-6-8-12(5,13)10(14)7-9-11(2,3)4/h6-9,13H2,1-5H3. The van der Waals surface area contributed by atoms with Gasteiger partial charge in [-0.15, -0.1) is 0 Å². The summed E-state index contributed by atoms with van der Waals surface area (Å²) in [5.41, 5.74) is 5.56. The fourth-order valence-corrected chi connectivity index (χ4v) is 1.43. The maximum Gasteiger partial charge on any atom is 0.152 e. The number of Topliss-reactive ketones (excluding diaryl/α,β-unsaturated/α-hetero) is 1. The third-order valence-electron chi connectivity index (χ3n) is 2.51. The maximum absolute atomic E-state index is 11.8. The molecule has 0 aliphatic heterocycles. The van der Waals surface area contributed by atoms with Gasteiger partial charge in [0, 0.05) is 6.42 Å². The number of rotatable bonds is 5. The van der Waals surface area contributed by atoms with Crippen molar-refractivity contribution in [2.45, 2.75) is 65.8 Å². The molecule has 0 rings (SSSR count). The van der Waals surface area contributed by atoms with E-state index in [0.29, 0.717) is 6.42 Å². The van der Waals surface area contributed by atoms with E-state index in [1.807, 2.05) is 6.92 Å². The highest BCUT2D eigenvalue weighted by molar-refractivity contribution is 5.87. The van der Waals surface area contributed by atoms with Crippen molar-refractivity contribution in [2.24, 2.45) is 11.1 Å². The zero-order chi connectivity index (χ0) is 11.4. The monoisotopic (exact) mass is 199 g/mol. The summed E-state index contributed by atoms with van der Waals surface area (Å²) in [4.78, 5) is 11.8. The van der Waals surface area contributed by atoms with Gasteiger partial charge in [0.1, 0.15) is 0 Å². The Labute approximate surface area is 88.3 Å². The molecule has 1 atom stereocenters. The molecule has 2 N–H and O–H groups in total. The van der Waals surface area contributed by atoms with Crippen molar-refractivity contribution >= 4 is 5.78 Å². The lowest BCUT2D eigenvalue weighted by molar-refractivity contribution is -0.124. The van der Waals surface area contributed by atoms with Crippen LogP contribution in [0.1, 0.15) is 60.3 Å². The Bertz CT molecular complexity index is 189. The molecule has 0 amide bonds. The summed E-state index contributed by atoms with van der Waals surface area (Å²) >= 11 is 0. The first-order chi connectivity index (χ1) is 6.19. The molecule has 0 aromatic carbocycles. The quantitative estimate of drug-likeness (QED) is 0.740. The summed E-state index contributed by atoms with van der Waals surface area (Å²) in [7, 11) is 0. The first-order valence-electron chi connectivity index (χ1n) is 5.51. The molecule has 0 aromatic heterocycles. The normalized spacial score (nSPS) is 16.4. The predicted molar refractivity (Wildman–Crippen MR) is 61.2 cm³/mol. The minimum atomic E-state index is -0.611. The summed E-state index contributed by atoms with van der Waals surface area (Å²) in [6.45, 7) is 10.3. The molecule has 0 aliphatic carbocycles. The van der Waals surface area contributed by atoms with Crippen LogP contribution in [0.2, 0.25) is 0 Å². The molecule has 2 nitrogen and oxygen atoms in total. The zero-order valence-electron chi connectivity index (χ0n) is 10.3. The first kappa shape index (κ1) is 13.6. The fraction of sp³-hybridized carbons (Fsp3) is 0.917. The Balaban J connectivity index is 4.08. The Morgan fingerprint density at radius 2 is 1.64 bits per heavy atom. The molecule has 0 aliphatic rings. The van der Waals surface area contributed by atoms with E-state index in [9.17, 15) is 4.79 Å². The smallest absolute Gasteiger partial charge is 0.152 e. The summed E-state index contributed by atoms with van der Waals surface area (Å²) in [5, 5.41) is 0. The lowest BCUT2D eigenvalue weighted by Gasteiger charge is -2.25. The van der Waals surface area contributed by atoms with Crippen molar-refractivity contribution in [2.75, 3.05) is 0 Å². The molecule has 1 unspecified atom stereocenters. The molecule has 0 saturated carbocycles. The first-order valence-corrected chi connectivity index (χ1v) is 5.51. The van der Waals surface area contributed by atoms with Gasteiger partial charge in [-0.2, -0.15) is 0 Å². The SMILES string of the molecule is CCCC(C)(N)C(=O)CCC(C)(C)C. The molecule has 0 radical (unpaired) electrons. The van der Waals surface area contributed by atoms with Gasteiger partial charge in [0.05, 0.1) is 5.54 Å². The van der Waals surface area contributed by atoms with E-state index in [0.717, 1.165) is 19.3 Å². The van der Waals surface area contributed by atoms with Crippen LogP contribution >= 0.6 is 0 Å². The van der Waals surface area contributed by atoms with Gasteiger partial charge in [0.25, 0.3) is 0 Å². The van der Waals surface area contributed by atoms with Crippen LogP contribution in [0.4, 0.5) is 0 Å². The van der Waals surface area contributed by atoms with Crippen LogP contribution in [0.5, 0.6) is 0 Å². The van der Waals surface area contributed by atoms with Gasteiger partial charge in [-0.3, -0.25) is 4.79 Å². The average molecular weight is 199 g/mol. The lowest BCUT2D eigenvalue weighted by atomic mass is 9.84. The minimum Gasteiger partial charge on any atom is -0.319 e.